The van der Waals surface area contributed by atoms with Crippen LogP contribution >= 0.6 is 11.3 Å². The molecule has 1 aromatic heterocycles. The first-order valence-corrected chi connectivity index (χ1v) is 6.68. The standard InChI is InChI=1S/C13H16N2O4S/c1-7-4-5-10(20-7)6-14-13(19)15-11(16)8(2)9(3)12(17)18/h4-5H,6H2,1-3H3,(H,17,18)(H2,14,15,16,19). The molecule has 0 unspecified atom stereocenters. The monoisotopic (exact) mass is 296 g/mol. The molecule has 3 amide bonds. The molecule has 1 aromatic rings. The van der Waals surface area contributed by atoms with Crippen LogP contribution in [0.4, 0.5) is 4.79 Å². The molecule has 0 bridgehead atoms. The van der Waals surface area contributed by atoms with Gasteiger partial charge in [0.15, 0.2) is 0 Å². The molecule has 0 aliphatic rings. The number of nitrogens with one attached hydrogen (secondary N) is 2. The van der Waals surface area contributed by atoms with E-state index in [0.29, 0.717) is 6.54 Å². The molecule has 6 nitrogen and oxygen atoms in total. The quantitative estimate of drug-likeness (QED) is 0.738. The summed E-state index contributed by atoms with van der Waals surface area (Å²) in [5, 5.41) is 13.4. The van der Waals surface area contributed by atoms with Crippen LogP contribution in [0.5, 0.6) is 0 Å². The van der Waals surface area contributed by atoms with E-state index in [4.69, 9.17) is 5.11 Å². The zero-order valence-corrected chi connectivity index (χ0v) is 12.3. The predicted octanol–water partition coefficient (Wildman–Crippen LogP) is 1.80. The molecule has 1 heterocycles. The van der Waals surface area contributed by atoms with Crippen molar-refractivity contribution < 1.29 is 19.5 Å². The fourth-order valence-corrected chi connectivity index (χ4v) is 2.15. The highest BCUT2D eigenvalue weighted by molar-refractivity contribution is 7.11. The Morgan fingerprint density at radius 2 is 1.85 bits per heavy atom. The molecule has 3 N–H and O–H groups in total. The fourth-order valence-electron chi connectivity index (χ4n) is 1.32. The number of amides is 3. The van der Waals surface area contributed by atoms with E-state index < -0.39 is 17.9 Å². The average Bonchev–Trinajstić information content (AvgIpc) is 2.80. The third kappa shape index (κ3) is 4.51. The molecule has 108 valence electrons. The zero-order chi connectivity index (χ0) is 15.3. The molecule has 7 heteroatoms. The van der Waals surface area contributed by atoms with Crippen LogP contribution in [0.3, 0.4) is 0 Å². The van der Waals surface area contributed by atoms with Crippen LogP contribution in [-0.2, 0) is 16.1 Å². The summed E-state index contributed by atoms with van der Waals surface area (Å²) in [5.41, 5.74) is -0.0937. The van der Waals surface area contributed by atoms with Crippen LogP contribution in [0, 0.1) is 6.92 Å². The van der Waals surface area contributed by atoms with Gasteiger partial charge in [0.25, 0.3) is 5.91 Å². The van der Waals surface area contributed by atoms with E-state index in [1.54, 1.807) is 11.3 Å². The van der Waals surface area contributed by atoms with Crippen molar-refractivity contribution in [2.75, 3.05) is 0 Å². The molecule has 0 aromatic carbocycles. The molecule has 0 fully saturated rings. The third-order valence-corrected chi connectivity index (χ3v) is 3.67. The molecule has 20 heavy (non-hydrogen) atoms. The molecule has 0 aliphatic carbocycles. The van der Waals surface area contributed by atoms with Crippen LogP contribution in [0.1, 0.15) is 23.6 Å². The number of rotatable bonds is 4. The molecule has 0 aliphatic heterocycles. The number of carboxylic acid groups (broad SMARTS) is 1. The first-order chi connectivity index (χ1) is 9.31. The van der Waals surface area contributed by atoms with E-state index >= 15 is 0 Å². The Morgan fingerprint density at radius 1 is 1.20 bits per heavy atom. The SMILES string of the molecule is CC(C(=O)O)=C(C)C(=O)NC(=O)NCc1ccc(C)s1. The Bertz CT molecular complexity index is 575. The minimum Gasteiger partial charge on any atom is -0.478 e. The van der Waals surface area contributed by atoms with Gasteiger partial charge < -0.3 is 10.4 Å². The van der Waals surface area contributed by atoms with Crippen molar-refractivity contribution in [1.82, 2.24) is 10.6 Å². The number of carbonyl (C=O) groups excluding carboxylic acids is 2. The Morgan fingerprint density at radius 3 is 2.35 bits per heavy atom. The number of hydrogen-bond donors (Lipinski definition) is 3. The number of urea groups is 1. The zero-order valence-electron chi connectivity index (χ0n) is 11.4. The summed E-state index contributed by atoms with van der Waals surface area (Å²) < 4.78 is 0. The summed E-state index contributed by atoms with van der Waals surface area (Å²) in [5.74, 6) is -1.91. The van der Waals surface area contributed by atoms with Gasteiger partial charge in [0.05, 0.1) is 6.54 Å². The lowest BCUT2D eigenvalue weighted by Crippen LogP contribution is -2.39. The number of carboxylic acids is 1. The van der Waals surface area contributed by atoms with Gasteiger partial charge in [0.2, 0.25) is 0 Å². The highest BCUT2D eigenvalue weighted by Gasteiger charge is 2.15. The fraction of sp³-hybridized carbons (Fsp3) is 0.308. The maximum atomic E-state index is 11.6. The predicted molar refractivity (Wildman–Crippen MR) is 75.4 cm³/mol. The largest absolute Gasteiger partial charge is 0.478 e. The van der Waals surface area contributed by atoms with Gasteiger partial charge in [-0.3, -0.25) is 10.1 Å². The van der Waals surface area contributed by atoms with Crippen molar-refractivity contribution in [3.05, 3.63) is 33.0 Å². The topological polar surface area (TPSA) is 95.5 Å². The maximum Gasteiger partial charge on any atom is 0.331 e. The Balaban J connectivity index is 2.52. The molecule has 0 spiro atoms. The van der Waals surface area contributed by atoms with Gasteiger partial charge >= 0.3 is 12.0 Å². The van der Waals surface area contributed by atoms with E-state index in [-0.39, 0.29) is 11.1 Å². The summed E-state index contributed by atoms with van der Waals surface area (Å²) in [6, 6.07) is 3.17. The number of imide groups is 1. The second kappa shape index (κ2) is 6.85. The molecular formula is C13H16N2O4S. The highest BCUT2D eigenvalue weighted by atomic mass is 32.1. The van der Waals surface area contributed by atoms with Crippen molar-refractivity contribution >= 4 is 29.2 Å². The number of carbonyl (C=O) groups is 3. The number of aryl methyl sites for hydroxylation is 1. The second-order valence-corrected chi connectivity index (χ2v) is 5.58. The first kappa shape index (κ1) is 15.9. The summed E-state index contributed by atoms with van der Waals surface area (Å²) >= 11 is 1.55. The smallest absolute Gasteiger partial charge is 0.331 e. The van der Waals surface area contributed by atoms with Crippen LogP contribution < -0.4 is 10.6 Å². The van der Waals surface area contributed by atoms with E-state index in [9.17, 15) is 14.4 Å². The molecule has 0 atom stereocenters. The van der Waals surface area contributed by atoms with Crippen molar-refractivity contribution in [3.8, 4) is 0 Å². The molecule has 0 saturated carbocycles. The summed E-state index contributed by atoms with van der Waals surface area (Å²) in [4.78, 5) is 36.0. The average molecular weight is 296 g/mol. The Hall–Kier alpha value is -2.15. The Labute approximate surface area is 120 Å². The summed E-state index contributed by atoms with van der Waals surface area (Å²) in [6.45, 7) is 4.94. The van der Waals surface area contributed by atoms with Gasteiger partial charge in [-0.1, -0.05) is 0 Å². The van der Waals surface area contributed by atoms with Gasteiger partial charge in [0.1, 0.15) is 0 Å². The van der Waals surface area contributed by atoms with Crippen molar-refractivity contribution in [2.24, 2.45) is 0 Å². The lowest BCUT2D eigenvalue weighted by atomic mass is 10.1. The first-order valence-electron chi connectivity index (χ1n) is 5.86. The van der Waals surface area contributed by atoms with Crippen LogP contribution in [-0.4, -0.2) is 23.0 Å². The van der Waals surface area contributed by atoms with Crippen LogP contribution in [0.2, 0.25) is 0 Å². The summed E-state index contributed by atoms with van der Waals surface area (Å²) in [7, 11) is 0. The Kier molecular flexibility index (Phi) is 5.45. The van der Waals surface area contributed by atoms with Crippen LogP contribution in [0.15, 0.2) is 23.3 Å². The van der Waals surface area contributed by atoms with Gasteiger partial charge in [0, 0.05) is 20.9 Å². The van der Waals surface area contributed by atoms with E-state index in [0.717, 1.165) is 9.75 Å². The van der Waals surface area contributed by atoms with E-state index in [1.165, 1.54) is 13.8 Å². The van der Waals surface area contributed by atoms with Gasteiger partial charge in [-0.2, -0.15) is 0 Å². The third-order valence-electron chi connectivity index (χ3n) is 2.67. The summed E-state index contributed by atoms with van der Waals surface area (Å²) in [6.07, 6.45) is 0. The molecule has 1 rings (SSSR count). The van der Waals surface area contributed by atoms with E-state index in [2.05, 4.69) is 10.6 Å². The minimum absolute atomic E-state index is 0.000354. The molecule has 0 saturated heterocycles. The normalized spacial score (nSPS) is 11.6. The van der Waals surface area contributed by atoms with Gasteiger partial charge in [-0.05, 0) is 32.9 Å². The number of hydrogen-bond acceptors (Lipinski definition) is 4. The highest BCUT2D eigenvalue weighted by Crippen LogP contribution is 2.14. The molecular weight excluding hydrogens is 280 g/mol. The number of aliphatic carboxylic acids is 1. The number of thiophene rings is 1. The van der Waals surface area contributed by atoms with Crippen molar-refractivity contribution in [1.29, 1.82) is 0 Å². The van der Waals surface area contributed by atoms with Crippen molar-refractivity contribution in [2.45, 2.75) is 27.3 Å². The van der Waals surface area contributed by atoms with Gasteiger partial charge in [-0.15, -0.1) is 11.3 Å². The maximum absolute atomic E-state index is 11.6. The van der Waals surface area contributed by atoms with Crippen LogP contribution in [0.25, 0.3) is 0 Å². The molecule has 0 radical (unpaired) electrons. The minimum atomic E-state index is -1.19. The van der Waals surface area contributed by atoms with Crippen molar-refractivity contribution in [3.63, 3.8) is 0 Å². The lowest BCUT2D eigenvalue weighted by molar-refractivity contribution is -0.133. The second-order valence-electron chi connectivity index (χ2n) is 4.20. The van der Waals surface area contributed by atoms with E-state index in [1.807, 2.05) is 19.1 Å². The van der Waals surface area contributed by atoms with Gasteiger partial charge in [-0.25, -0.2) is 9.59 Å². The lowest BCUT2D eigenvalue weighted by Gasteiger charge is -2.07.